The number of nitrogens with two attached hydrogens (primary N) is 2. The Hall–Kier alpha value is -3.28. The highest BCUT2D eigenvalue weighted by atomic mass is 16.5. The van der Waals surface area contributed by atoms with Crippen molar-refractivity contribution in [3.63, 3.8) is 0 Å². The molecule has 0 saturated carbocycles. The number of nitrogens with one attached hydrogen (secondary N) is 1. The van der Waals surface area contributed by atoms with Crippen LogP contribution in [-0.2, 0) is 4.79 Å². The van der Waals surface area contributed by atoms with Gasteiger partial charge < -0.3 is 36.2 Å². The third-order valence-corrected chi connectivity index (χ3v) is 6.45. The van der Waals surface area contributed by atoms with Gasteiger partial charge in [0, 0.05) is 31.2 Å². The highest BCUT2D eigenvalue weighted by Crippen LogP contribution is 2.16. The molecule has 11 heteroatoms. The number of ether oxygens (including phenoxy) is 1. The molecule has 204 valence electrons. The number of pyridine rings is 2. The number of hydrogen-bond acceptors (Lipinski definition) is 10. The molecular weight excluding hydrogens is 472 g/mol. The Morgan fingerprint density at radius 2 is 1.46 bits per heavy atom. The van der Waals surface area contributed by atoms with Crippen molar-refractivity contribution in [1.29, 1.82) is 0 Å². The van der Waals surface area contributed by atoms with Crippen LogP contribution in [0.5, 0.6) is 5.88 Å². The fourth-order valence-corrected chi connectivity index (χ4v) is 4.11. The van der Waals surface area contributed by atoms with Gasteiger partial charge in [-0.05, 0) is 85.2 Å². The van der Waals surface area contributed by atoms with Crippen molar-refractivity contribution in [3.8, 4) is 5.88 Å². The van der Waals surface area contributed by atoms with Crippen LogP contribution in [0.1, 0.15) is 36.2 Å². The van der Waals surface area contributed by atoms with E-state index in [4.69, 9.17) is 11.5 Å². The quantitative estimate of drug-likeness (QED) is 0.500. The Morgan fingerprint density at radius 3 is 1.89 bits per heavy atom. The Morgan fingerprint density at radius 1 is 0.919 bits per heavy atom. The van der Waals surface area contributed by atoms with Crippen molar-refractivity contribution in [2.75, 3.05) is 65.8 Å². The number of amides is 1. The molecule has 0 aliphatic carbocycles. The molecule has 2 fully saturated rings. The van der Waals surface area contributed by atoms with Crippen molar-refractivity contribution >= 4 is 23.8 Å². The van der Waals surface area contributed by atoms with Crippen molar-refractivity contribution < 1.29 is 14.3 Å². The van der Waals surface area contributed by atoms with E-state index in [9.17, 15) is 9.59 Å². The summed E-state index contributed by atoms with van der Waals surface area (Å²) < 4.78 is 4.41. The van der Waals surface area contributed by atoms with Crippen molar-refractivity contribution in [2.24, 2.45) is 0 Å². The van der Waals surface area contributed by atoms with E-state index in [2.05, 4.69) is 58.0 Å². The van der Waals surface area contributed by atoms with Crippen LogP contribution in [0.15, 0.2) is 36.7 Å². The Kier molecular flexibility index (Phi) is 12.7. The topological polar surface area (TPSA) is 143 Å². The highest BCUT2D eigenvalue weighted by molar-refractivity contribution is 5.92. The summed E-state index contributed by atoms with van der Waals surface area (Å²) in [6, 6.07) is 7.93. The number of piperidine rings is 2. The number of carbonyl (C=O) groups excluding carboxylic acids is 2. The average Bonchev–Trinajstić information content (AvgIpc) is 2.91. The molecule has 0 aromatic carbocycles. The first-order valence-corrected chi connectivity index (χ1v) is 12.6. The third kappa shape index (κ3) is 10.7. The molecular formula is C26H42N8O3. The van der Waals surface area contributed by atoms with Crippen LogP contribution in [0.25, 0.3) is 0 Å². The lowest BCUT2D eigenvalue weighted by Gasteiger charge is -2.35. The largest absolute Gasteiger partial charge is 0.410 e. The van der Waals surface area contributed by atoms with Gasteiger partial charge in [-0.1, -0.05) is 0 Å². The van der Waals surface area contributed by atoms with E-state index in [0.29, 0.717) is 29.6 Å². The molecule has 4 rings (SSSR count). The van der Waals surface area contributed by atoms with Gasteiger partial charge >= 0.3 is 0 Å². The van der Waals surface area contributed by atoms with Gasteiger partial charge in [-0.2, -0.15) is 0 Å². The molecule has 11 nitrogen and oxygen atoms in total. The van der Waals surface area contributed by atoms with E-state index in [0.717, 1.165) is 32.0 Å². The van der Waals surface area contributed by atoms with Crippen LogP contribution in [-0.4, -0.2) is 104 Å². The monoisotopic (exact) mass is 514 g/mol. The number of likely N-dealkylation sites (tertiary alicyclic amines) is 1. The minimum Gasteiger partial charge on any atom is -0.410 e. The second kappa shape index (κ2) is 15.7. The molecule has 2 aromatic rings. The van der Waals surface area contributed by atoms with E-state index in [1.807, 2.05) is 4.90 Å². The lowest BCUT2D eigenvalue weighted by Crippen LogP contribution is -2.44. The number of nitrogen functional groups attached to an aromatic ring is 2. The van der Waals surface area contributed by atoms with Crippen LogP contribution < -0.4 is 21.5 Å². The normalized spacial score (nSPS) is 16.3. The highest BCUT2D eigenvalue weighted by Gasteiger charge is 2.25. The van der Waals surface area contributed by atoms with Gasteiger partial charge in [-0.15, -0.1) is 0 Å². The zero-order valence-electron chi connectivity index (χ0n) is 22.5. The van der Waals surface area contributed by atoms with E-state index in [-0.39, 0.29) is 11.8 Å². The van der Waals surface area contributed by atoms with Gasteiger partial charge in [0.05, 0.1) is 23.8 Å². The molecule has 37 heavy (non-hydrogen) atoms. The molecule has 2 aliphatic rings. The van der Waals surface area contributed by atoms with Gasteiger partial charge in [-0.25, -0.2) is 9.97 Å². The van der Waals surface area contributed by atoms with Crippen molar-refractivity contribution in [2.45, 2.75) is 37.8 Å². The molecule has 2 saturated heterocycles. The minimum atomic E-state index is 0.00667. The van der Waals surface area contributed by atoms with E-state index >= 15 is 0 Å². The lowest BCUT2D eigenvalue weighted by molar-refractivity contribution is -0.120. The molecule has 2 aromatic heterocycles. The van der Waals surface area contributed by atoms with Crippen LogP contribution in [0.3, 0.4) is 0 Å². The summed E-state index contributed by atoms with van der Waals surface area (Å²) in [4.78, 5) is 36.2. The first kappa shape index (κ1) is 29.9. The van der Waals surface area contributed by atoms with Gasteiger partial charge in [0.15, 0.2) is 0 Å². The minimum absolute atomic E-state index is 0.00667. The first-order valence-electron chi connectivity index (χ1n) is 12.6. The number of rotatable bonds is 5. The molecule has 2 aliphatic heterocycles. The molecule has 4 heterocycles. The summed E-state index contributed by atoms with van der Waals surface area (Å²) in [6.45, 7) is 4.31. The van der Waals surface area contributed by atoms with E-state index in [1.165, 1.54) is 44.4 Å². The zero-order chi connectivity index (χ0) is 27.2. The number of anilines is 2. The maximum atomic E-state index is 12.2. The number of hydrogen-bond donors (Lipinski definition) is 3. The van der Waals surface area contributed by atoms with Gasteiger partial charge in [0.25, 0.3) is 12.4 Å². The Labute approximate surface area is 220 Å². The number of carbonyl (C=O) groups is 2. The summed E-state index contributed by atoms with van der Waals surface area (Å²) in [6.07, 6.45) is 7.61. The average molecular weight is 515 g/mol. The second-order valence-electron chi connectivity index (χ2n) is 9.55. The second-order valence-corrected chi connectivity index (χ2v) is 9.55. The smallest absolute Gasteiger partial charge is 0.299 e. The predicted octanol–water partition coefficient (Wildman–Crippen LogP) is 1.33. The van der Waals surface area contributed by atoms with Gasteiger partial charge in [0.1, 0.15) is 5.69 Å². The Balaban J connectivity index is 0.000000214. The molecule has 0 atom stereocenters. The fourth-order valence-electron chi connectivity index (χ4n) is 4.11. The van der Waals surface area contributed by atoms with Crippen molar-refractivity contribution in [1.82, 2.24) is 30.0 Å². The SMILES string of the molecule is CN(C)C1CCN(C(=O)c2ccc(N)cn2)CC1.CN(C)C1CCNCC1.Nc1ccc(OC=O)nc1. The number of nitrogens with zero attached hydrogens (tertiary/aromatic N) is 5. The zero-order valence-corrected chi connectivity index (χ0v) is 22.5. The van der Waals surface area contributed by atoms with Crippen LogP contribution in [0, 0.1) is 0 Å². The third-order valence-electron chi connectivity index (χ3n) is 6.45. The van der Waals surface area contributed by atoms with Crippen molar-refractivity contribution in [3.05, 3.63) is 42.4 Å². The van der Waals surface area contributed by atoms with Crippen LogP contribution in [0.2, 0.25) is 0 Å². The molecule has 0 spiro atoms. The van der Waals surface area contributed by atoms with Crippen LogP contribution in [0.4, 0.5) is 11.4 Å². The molecule has 5 N–H and O–H groups in total. The number of aromatic nitrogens is 2. The summed E-state index contributed by atoms with van der Waals surface area (Å²) >= 11 is 0. The maximum Gasteiger partial charge on any atom is 0.299 e. The summed E-state index contributed by atoms with van der Waals surface area (Å²) in [5.41, 5.74) is 12.5. The Bertz CT molecular complexity index is 924. The van der Waals surface area contributed by atoms with Gasteiger partial charge in [-0.3, -0.25) is 9.59 Å². The standard InChI is InChI=1S/C13H20N4O.C7H16N2.C6H6N2O2/c1-16(2)11-5-7-17(8-6-11)13(18)12-4-3-10(14)9-15-12;1-9(2)7-3-5-8-6-4-7;7-5-1-2-6(8-3-5)10-4-9/h3-4,9,11H,5-8,14H2,1-2H3;7-8H,3-6H2,1-2H3;1-4H,7H2. The van der Waals surface area contributed by atoms with E-state index < -0.39 is 0 Å². The summed E-state index contributed by atoms with van der Waals surface area (Å²) in [7, 11) is 8.50. The molecule has 0 radical (unpaired) electrons. The van der Waals surface area contributed by atoms with E-state index in [1.54, 1.807) is 18.2 Å². The van der Waals surface area contributed by atoms with Crippen LogP contribution >= 0.6 is 0 Å². The first-order chi connectivity index (χ1) is 17.7. The van der Waals surface area contributed by atoms with Gasteiger partial charge in [0.2, 0.25) is 5.88 Å². The predicted molar refractivity (Wildman–Crippen MR) is 146 cm³/mol. The molecule has 0 unspecified atom stereocenters. The maximum absolute atomic E-state index is 12.2. The summed E-state index contributed by atoms with van der Waals surface area (Å²) in [5.74, 6) is 0.261. The summed E-state index contributed by atoms with van der Waals surface area (Å²) in [5, 5.41) is 3.34. The molecule has 0 bridgehead atoms. The molecule has 1 amide bonds. The fraction of sp³-hybridized carbons (Fsp3) is 0.538. The lowest BCUT2D eigenvalue weighted by atomic mass is 10.0.